The fourth-order valence-corrected chi connectivity index (χ4v) is 2.39. The van der Waals surface area contributed by atoms with Crippen LogP contribution in [0.5, 0.6) is 5.75 Å². The number of nitro benzene ring substituents is 1. The van der Waals surface area contributed by atoms with Gasteiger partial charge in [-0.05, 0) is 30.3 Å². The van der Waals surface area contributed by atoms with E-state index in [1.165, 1.54) is 6.07 Å². The van der Waals surface area contributed by atoms with Gasteiger partial charge in [0.1, 0.15) is 5.75 Å². The molecule has 0 aromatic heterocycles. The molecule has 0 bridgehead atoms. The minimum Gasteiger partial charge on any atom is -0.495 e. The van der Waals surface area contributed by atoms with Crippen LogP contribution in [0.25, 0.3) is 0 Å². The number of nitrogens with zero attached hydrogens (tertiary/aromatic N) is 1. The minimum atomic E-state index is -0.443. The Balaban J connectivity index is 2.24. The van der Waals surface area contributed by atoms with Gasteiger partial charge in [0.2, 0.25) is 0 Å². The number of nitrogens with one attached hydrogen (secondary N) is 1. The van der Waals surface area contributed by atoms with Gasteiger partial charge in [-0.2, -0.15) is 0 Å². The third kappa shape index (κ3) is 3.86. The molecule has 0 heterocycles. The molecule has 0 atom stereocenters. The van der Waals surface area contributed by atoms with Crippen molar-refractivity contribution in [1.29, 1.82) is 0 Å². The third-order valence-electron chi connectivity index (χ3n) is 2.87. The molecule has 0 spiro atoms. The number of rotatable bonds is 5. The minimum absolute atomic E-state index is 0.0102. The molecule has 0 aliphatic carbocycles. The van der Waals surface area contributed by atoms with Crippen molar-refractivity contribution in [3.63, 3.8) is 0 Å². The van der Waals surface area contributed by atoms with Gasteiger partial charge in [0.05, 0.1) is 17.7 Å². The van der Waals surface area contributed by atoms with Gasteiger partial charge in [0.25, 0.3) is 5.69 Å². The fraction of sp³-hybridized carbons (Fsp3) is 0.143. The van der Waals surface area contributed by atoms with Crippen LogP contribution in [0, 0.1) is 10.1 Å². The molecule has 0 amide bonds. The number of nitro groups is 1. The summed E-state index contributed by atoms with van der Waals surface area (Å²) in [5.41, 5.74) is 1.28. The Labute approximate surface area is 135 Å². The molecule has 0 unspecified atom stereocenters. The van der Waals surface area contributed by atoms with Crippen molar-refractivity contribution in [2.24, 2.45) is 0 Å². The second-order valence-corrected chi connectivity index (χ2v) is 5.58. The van der Waals surface area contributed by atoms with Crippen LogP contribution >= 0.6 is 27.5 Å². The van der Waals surface area contributed by atoms with E-state index in [9.17, 15) is 10.1 Å². The Morgan fingerprint density at radius 1 is 1.33 bits per heavy atom. The van der Waals surface area contributed by atoms with E-state index in [4.69, 9.17) is 16.3 Å². The van der Waals surface area contributed by atoms with E-state index in [2.05, 4.69) is 21.2 Å². The Morgan fingerprint density at radius 3 is 2.76 bits per heavy atom. The molecular weight excluding hydrogens is 360 g/mol. The number of hydrogen-bond donors (Lipinski definition) is 1. The van der Waals surface area contributed by atoms with Gasteiger partial charge in [-0.3, -0.25) is 10.1 Å². The van der Waals surface area contributed by atoms with Gasteiger partial charge in [0, 0.05) is 27.7 Å². The lowest BCUT2D eigenvalue weighted by atomic mass is 10.1. The molecule has 110 valence electrons. The number of anilines is 1. The van der Waals surface area contributed by atoms with Crippen molar-refractivity contribution in [2.45, 2.75) is 6.54 Å². The smallest absolute Gasteiger partial charge is 0.275 e. The summed E-state index contributed by atoms with van der Waals surface area (Å²) >= 11 is 9.17. The molecule has 2 aromatic carbocycles. The first-order valence-electron chi connectivity index (χ1n) is 6.01. The van der Waals surface area contributed by atoms with Crippen LogP contribution in [-0.2, 0) is 6.54 Å². The average Bonchev–Trinajstić information content (AvgIpc) is 2.46. The van der Waals surface area contributed by atoms with Crippen molar-refractivity contribution in [1.82, 2.24) is 0 Å². The van der Waals surface area contributed by atoms with Gasteiger partial charge < -0.3 is 10.1 Å². The predicted molar refractivity (Wildman–Crippen MR) is 86.1 cm³/mol. The van der Waals surface area contributed by atoms with Crippen molar-refractivity contribution >= 4 is 38.9 Å². The second kappa shape index (κ2) is 6.78. The largest absolute Gasteiger partial charge is 0.495 e. The SMILES string of the molecule is COc1ccc(Br)cc1NCc1ccc(Cl)cc1[N+](=O)[O-]. The highest BCUT2D eigenvalue weighted by Gasteiger charge is 2.14. The Kier molecular flexibility index (Phi) is 5.03. The summed E-state index contributed by atoms with van der Waals surface area (Å²) in [6.45, 7) is 0.292. The lowest BCUT2D eigenvalue weighted by molar-refractivity contribution is -0.385. The lowest BCUT2D eigenvalue weighted by Gasteiger charge is -2.12. The molecule has 0 aliphatic rings. The highest BCUT2D eigenvalue weighted by atomic mass is 79.9. The molecular formula is C14H12BrClN2O3. The second-order valence-electron chi connectivity index (χ2n) is 4.23. The summed E-state index contributed by atoms with van der Waals surface area (Å²) in [5, 5.41) is 14.5. The zero-order valence-electron chi connectivity index (χ0n) is 11.1. The molecule has 2 aromatic rings. The van der Waals surface area contributed by atoms with Gasteiger partial charge >= 0.3 is 0 Å². The molecule has 0 saturated heterocycles. The molecule has 7 heteroatoms. The normalized spacial score (nSPS) is 10.2. The van der Waals surface area contributed by atoms with E-state index in [1.54, 1.807) is 19.2 Å². The number of ether oxygens (including phenoxy) is 1. The summed E-state index contributed by atoms with van der Waals surface area (Å²) in [6, 6.07) is 10.1. The van der Waals surface area contributed by atoms with Gasteiger partial charge in [-0.1, -0.05) is 27.5 Å². The maximum absolute atomic E-state index is 11.0. The topological polar surface area (TPSA) is 64.4 Å². The van der Waals surface area contributed by atoms with Crippen LogP contribution < -0.4 is 10.1 Å². The van der Waals surface area contributed by atoms with Crippen LogP contribution in [0.3, 0.4) is 0 Å². The zero-order chi connectivity index (χ0) is 15.4. The molecule has 2 rings (SSSR count). The van der Waals surface area contributed by atoms with E-state index in [0.29, 0.717) is 22.9 Å². The van der Waals surface area contributed by atoms with E-state index in [0.717, 1.165) is 10.2 Å². The third-order valence-corrected chi connectivity index (χ3v) is 3.60. The fourth-order valence-electron chi connectivity index (χ4n) is 1.87. The molecule has 5 nitrogen and oxygen atoms in total. The average molecular weight is 372 g/mol. The summed E-state index contributed by atoms with van der Waals surface area (Å²) in [7, 11) is 1.57. The molecule has 21 heavy (non-hydrogen) atoms. The molecule has 1 N–H and O–H groups in total. The number of hydrogen-bond acceptors (Lipinski definition) is 4. The van der Waals surface area contributed by atoms with E-state index in [1.807, 2.05) is 18.2 Å². The van der Waals surface area contributed by atoms with Crippen LogP contribution in [0.2, 0.25) is 5.02 Å². The Morgan fingerprint density at radius 2 is 2.10 bits per heavy atom. The number of methoxy groups -OCH3 is 1. The molecule has 0 aliphatic heterocycles. The van der Waals surface area contributed by atoms with Crippen LogP contribution in [0.4, 0.5) is 11.4 Å². The van der Waals surface area contributed by atoms with Crippen molar-refractivity contribution in [2.75, 3.05) is 12.4 Å². The van der Waals surface area contributed by atoms with Crippen LogP contribution in [-0.4, -0.2) is 12.0 Å². The van der Waals surface area contributed by atoms with Crippen LogP contribution in [0.15, 0.2) is 40.9 Å². The molecule has 0 saturated carbocycles. The van der Waals surface area contributed by atoms with Crippen molar-refractivity contribution < 1.29 is 9.66 Å². The number of halogens is 2. The summed E-state index contributed by atoms with van der Waals surface area (Å²) in [4.78, 5) is 10.6. The van der Waals surface area contributed by atoms with Gasteiger partial charge in [-0.25, -0.2) is 0 Å². The Hall–Kier alpha value is -1.79. The van der Waals surface area contributed by atoms with Crippen LogP contribution in [0.1, 0.15) is 5.56 Å². The van der Waals surface area contributed by atoms with E-state index in [-0.39, 0.29) is 5.69 Å². The highest BCUT2D eigenvalue weighted by Crippen LogP contribution is 2.30. The first-order valence-corrected chi connectivity index (χ1v) is 7.18. The quantitative estimate of drug-likeness (QED) is 0.614. The maximum Gasteiger partial charge on any atom is 0.275 e. The summed E-state index contributed by atoms with van der Waals surface area (Å²) in [5.74, 6) is 0.662. The summed E-state index contributed by atoms with van der Waals surface area (Å²) in [6.07, 6.45) is 0. The lowest BCUT2D eigenvalue weighted by Crippen LogP contribution is -2.04. The summed E-state index contributed by atoms with van der Waals surface area (Å²) < 4.78 is 6.13. The molecule has 0 radical (unpaired) electrons. The van der Waals surface area contributed by atoms with Crippen molar-refractivity contribution in [3.8, 4) is 5.75 Å². The standard InChI is InChI=1S/C14H12BrClN2O3/c1-21-14-5-3-10(15)6-12(14)17-8-9-2-4-11(16)7-13(9)18(19)20/h2-7,17H,8H2,1H3. The van der Waals surface area contributed by atoms with Gasteiger partial charge in [-0.15, -0.1) is 0 Å². The van der Waals surface area contributed by atoms with E-state index < -0.39 is 4.92 Å². The number of benzene rings is 2. The monoisotopic (exact) mass is 370 g/mol. The zero-order valence-corrected chi connectivity index (χ0v) is 13.4. The first kappa shape index (κ1) is 15.6. The highest BCUT2D eigenvalue weighted by molar-refractivity contribution is 9.10. The Bertz CT molecular complexity index is 679. The van der Waals surface area contributed by atoms with Crippen molar-refractivity contribution in [3.05, 3.63) is 61.6 Å². The maximum atomic E-state index is 11.0. The van der Waals surface area contributed by atoms with Gasteiger partial charge in [0.15, 0.2) is 0 Å². The predicted octanol–water partition coefficient (Wildman–Crippen LogP) is 4.63. The van der Waals surface area contributed by atoms with E-state index >= 15 is 0 Å². The first-order chi connectivity index (χ1) is 10.0. The molecule has 0 fully saturated rings.